The Morgan fingerprint density at radius 2 is 1.68 bits per heavy atom. The minimum absolute atomic E-state index is 0.131. The van der Waals surface area contributed by atoms with Gasteiger partial charge in [-0.25, -0.2) is 0 Å². The van der Waals surface area contributed by atoms with E-state index < -0.39 is 0 Å². The van der Waals surface area contributed by atoms with Gasteiger partial charge in [-0.2, -0.15) is 0 Å². The highest BCUT2D eigenvalue weighted by Crippen LogP contribution is 2.13. The van der Waals surface area contributed by atoms with Crippen molar-refractivity contribution in [3.8, 4) is 0 Å². The fourth-order valence-corrected chi connectivity index (χ4v) is 1.76. The summed E-state index contributed by atoms with van der Waals surface area (Å²) < 4.78 is 0. The average Bonchev–Trinajstić information content (AvgIpc) is 2.41. The van der Waals surface area contributed by atoms with Crippen LogP contribution in [0, 0.1) is 17.0 Å². The molecule has 2 aromatic rings. The van der Waals surface area contributed by atoms with E-state index in [-0.39, 0.29) is 10.6 Å². The number of nitro benzene ring substituents is 1. The number of allylic oxidation sites excluding steroid dienone is 1. The summed E-state index contributed by atoms with van der Waals surface area (Å²) >= 11 is 0. The van der Waals surface area contributed by atoms with Crippen LogP contribution >= 0.6 is 0 Å². The molecule has 3 heteroatoms. The number of benzene rings is 2. The average molecular weight is 253 g/mol. The summed E-state index contributed by atoms with van der Waals surface area (Å²) in [5.41, 5.74) is 3.60. The number of hydrogen-bond donors (Lipinski definition) is 0. The van der Waals surface area contributed by atoms with Crippen molar-refractivity contribution in [1.82, 2.24) is 0 Å². The number of aryl methyl sites for hydroxylation is 1. The van der Waals surface area contributed by atoms with Gasteiger partial charge >= 0.3 is 0 Å². The second-order valence-corrected chi connectivity index (χ2v) is 4.44. The molecular formula is C16H15NO2. The van der Waals surface area contributed by atoms with E-state index in [1.807, 2.05) is 0 Å². The number of nitrogens with zero attached hydrogens (tertiary/aromatic N) is 1. The monoisotopic (exact) mass is 253 g/mol. The second-order valence-electron chi connectivity index (χ2n) is 4.44. The lowest BCUT2D eigenvalue weighted by atomic mass is 10.1. The first-order chi connectivity index (χ1) is 9.15. The molecule has 2 aromatic carbocycles. The van der Waals surface area contributed by atoms with Crippen molar-refractivity contribution in [2.75, 3.05) is 0 Å². The summed E-state index contributed by atoms with van der Waals surface area (Å²) in [6.07, 6.45) is 4.89. The topological polar surface area (TPSA) is 43.1 Å². The molecule has 0 unspecified atom stereocenters. The van der Waals surface area contributed by atoms with Crippen molar-refractivity contribution in [3.05, 3.63) is 81.4 Å². The van der Waals surface area contributed by atoms with Crippen molar-refractivity contribution in [2.24, 2.45) is 0 Å². The van der Waals surface area contributed by atoms with Gasteiger partial charge < -0.3 is 0 Å². The SMILES string of the molecule is Cc1ccc(C=CCc2ccc([N+](=O)[O-])cc2)cc1. The Balaban J connectivity index is 1.98. The maximum absolute atomic E-state index is 10.5. The first-order valence-corrected chi connectivity index (χ1v) is 6.12. The van der Waals surface area contributed by atoms with Crippen molar-refractivity contribution < 1.29 is 4.92 Å². The summed E-state index contributed by atoms with van der Waals surface area (Å²) in [6, 6.07) is 14.9. The minimum atomic E-state index is -0.383. The Kier molecular flexibility index (Phi) is 4.08. The Morgan fingerprint density at radius 1 is 1.05 bits per heavy atom. The molecule has 0 saturated carbocycles. The van der Waals surface area contributed by atoms with Crippen LogP contribution in [-0.2, 0) is 6.42 Å². The van der Waals surface area contributed by atoms with E-state index in [2.05, 4.69) is 43.3 Å². The fourth-order valence-electron chi connectivity index (χ4n) is 1.76. The van der Waals surface area contributed by atoms with Gasteiger partial charge in [0.2, 0.25) is 0 Å². The van der Waals surface area contributed by atoms with E-state index >= 15 is 0 Å². The zero-order valence-electron chi connectivity index (χ0n) is 10.7. The van der Waals surface area contributed by atoms with E-state index in [1.165, 1.54) is 17.7 Å². The van der Waals surface area contributed by atoms with Gasteiger partial charge in [0.25, 0.3) is 5.69 Å². The molecule has 0 fully saturated rings. The van der Waals surface area contributed by atoms with Gasteiger partial charge in [0.05, 0.1) is 4.92 Å². The zero-order chi connectivity index (χ0) is 13.7. The Bertz CT molecular complexity index is 583. The molecule has 0 N–H and O–H groups in total. The third-order valence-electron chi connectivity index (χ3n) is 2.89. The van der Waals surface area contributed by atoms with Gasteiger partial charge in [-0.05, 0) is 24.5 Å². The predicted molar refractivity (Wildman–Crippen MR) is 77.0 cm³/mol. The Morgan fingerprint density at radius 3 is 2.26 bits per heavy atom. The molecule has 0 radical (unpaired) electrons. The highest BCUT2D eigenvalue weighted by molar-refractivity contribution is 5.50. The van der Waals surface area contributed by atoms with Crippen molar-refractivity contribution in [2.45, 2.75) is 13.3 Å². The van der Waals surface area contributed by atoms with Crippen LogP contribution in [0.2, 0.25) is 0 Å². The highest BCUT2D eigenvalue weighted by atomic mass is 16.6. The molecule has 0 bridgehead atoms. The van der Waals surface area contributed by atoms with Gasteiger partial charge in [0.15, 0.2) is 0 Å². The lowest BCUT2D eigenvalue weighted by molar-refractivity contribution is -0.384. The molecule has 0 atom stereocenters. The second kappa shape index (κ2) is 5.96. The quantitative estimate of drug-likeness (QED) is 0.606. The zero-order valence-corrected chi connectivity index (χ0v) is 10.7. The van der Waals surface area contributed by atoms with Crippen LogP contribution < -0.4 is 0 Å². The summed E-state index contributed by atoms with van der Waals surface area (Å²) in [6.45, 7) is 2.06. The molecule has 0 aromatic heterocycles. The van der Waals surface area contributed by atoms with Crippen molar-refractivity contribution in [3.63, 3.8) is 0 Å². The third-order valence-corrected chi connectivity index (χ3v) is 2.89. The number of nitro groups is 1. The van der Waals surface area contributed by atoms with Gasteiger partial charge in [-0.15, -0.1) is 0 Å². The summed E-state index contributed by atoms with van der Waals surface area (Å²) in [5.74, 6) is 0. The molecule has 19 heavy (non-hydrogen) atoms. The summed E-state index contributed by atoms with van der Waals surface area (Å²) in [4.78, 5) is 10.1. The van der Waals surface area contributed by atoms with Crippen molar-refractivity contribution in [1.29, 1.82) is 0 Å². The lowest BCUT2D eigenvalue weighted by Crippen LogP contribution is -1.88. The largest absolute Gasteiger partial charge is 0.269 e. The maximum Gasteiger partial charge on any atom is 0.269 e. The van der Waals surface area contributed by atoms with Crippen LogP contribution in [0.15, 0.2) is 54.6 Å². The molecule has 0 aliphatic heterocycles. The third kappa shape index (κ3) is 3.78. The molecule has 0 heterocycles. The van der Waals surface area contributed by atoms with E-state index in [1.54, 1.807) is 12.1 Å². The molecular weight excluding hydrogens is 238 g/mol. The maximum atomic E-state index is 10.5. The van der Waals surface area contributed by atoms with Crippen LogP contribution in [-0.4, -0.2) is 4.92 Å². The summed E-state index contributed by atoms with van der Waals surface area (Å²) in [7, 11) is 0. The first-order valence-electron chi connectivity index (χ1n) is 6.12. The fraction of sp³-hybridized carbons (Fsp3) is 0.125. The molecule has 96 valence electrons. The smallest absolute Gasteiger partial charge is 0.258 e. The van der Waals surface area contributed by atoms with Crippen LogP contribution in [0.1, 0.15) is 16.7 Å². The van der Waals surface area contributed by atoms with E-state index in [0.29, 0.717) is 0 Å². The molecule has 0 amide bonds. The van der Waals surface area contributed by atoms with Crippen LogP contribution in [0.3, 0.4) is 0 Å². The van der Waals surface area contributed by atoms with Gasteiger partial charge in [0, 0.05) is 12.1 Å². The molecule has 3 nitrogen and oxygen atoms in total. The van der Waals surface area contributed by atoms with Crippen LogP contribution in [0.25, 0.3) is 6.08 Å². The predicted octanol–water partition coefficient (Wildman–Crippen LogP) is 4.16. The molecule has 2 rings (SSSR count). The van der Waals surface area contributed by atoms with Gasteiger partial charge in [-0.3, -0.25) is 10.1 Å². The van der Waals surface area contributed by atoms with Gasteiger partial charge in [0.1, 0.15) is 0 Å². The van der Waals surface area contributed by atoms with E-state index in [4.69, 9.17) is 0 Å². The van der Waals surface area contributed by atoms with Crippen LogP contribution in [0.4, 0.5) is 5.69 Å². The van der Waals surface area contributed by atoms with E-state index in [9.17, 15) is 10.1 Å². The molecule has 0 aliphatic carbocycles. The first kappa shape index (κ1) is 13.0. The Hall–Kier alpha value is -2.42. The molecule has 0 spiro atoms. The molecule has 0 aliphatic rings. The number of rotatable bonds is 4. The number of non-ortho nitro benzene ring substituents is 1. The number of hydrogen-bond acceptors (Lipinski definition) is 2. The van der Waals surface area contributed by atoms with Gasteiger partial charge in [-0.1, -0.05) is 54.1 Å². The minimum Gasteiger partial charge on any atom is -0.258 e. The Labute approximate surface area is 112 Å². The van der Waals surface area contributed by atoms with Crippen molar-refractivity contribution >= 4 is 11.8 Å². The standard InChI is InChI=1S/C16H15NO2/c1-13-5-7-14(8-6-13)3-2-4-15-9-11-16(12-10-15)17(18)19/h2-3,5-12H,4H2,1H3. The molecule has 0 saturated heterocycles. The van der Waals surface area contributed by atoms with Crippen LogP contribution in [0.5, 0.6) is 0 Å². The lowest BCUT2D eigenvalue weighted by Gasteiger charge is -1.97. The summed E-state index contributed by atoms with van der Waals surface area (Å²) in [5, 5.41) is 10.5. The van der Waals surface area contributed by atoms with E-state index in [0.717, 1.165) is 17.5 Å². The normalized spacial score (nSPS) is 10.8. The highest BCUT2D eigenvalue weighted by Gasteiger charge is 2.02.